The summed E-state index contributed by atoms with van der Waals surface area (Å²) in [7, 11) is -1.12. The first kappa shape index (κ1) is 31.5. The lowest BCUT2D eigenvalue weighted by Gasteiger charge is -2.17. The van der Waals surface area contributed by atoms with Crippen LogP contribution in [-0.4, -0.2) is 9.13 Å². The molecule has 242 valence electrons. The van der Waals surface area contributed by atoms with Crippen molar-refractivity contribution in [2.75, 3.05) is 0 Å². The minimum Gasteiger partial charge on any atom is -0.312 e. The van der Waals surface area contributed by atoms with Gasteiger partial charge in [0.25, 0.3) is 0 Å². The fraction of sp³-hybridized carbons (Fsp3) is 0.0667. The van der Waals surface area contributed by atoms with Crippen LogP contribution in [0.3, 0.4) is 0 Å². The fourth-order valence-corrected chi connectivity index (χ4v) is 8.39. The average Bonchev–Trinajstić information content (AvgIpc) is 3.69. The molecule has 8 rings (SSSR count). The first-order valence-electron chi connectivity index (χ1n) is 16.8. The molecule has 5 aromatic carbocycles. The molecular weight excluding hydrogens is 643 g/mol. The van der Waals surface area contributed by atoms with Crippen LogP contribution in [0.15, 0.2) is 121 Å². The Morgan fingerprint density at radius 3 is 2.10 bits per heavy atom. The van der Waals surface area contributed by atoms with Crippen molar-refractivity contribution in [1.82, 2.24) is 9.13 Å². The van der Waals surface area contributed by atoms with Crippen molar-refractivity contribution in [3.8, 4) is 56.4 Å². The van der Waals surface area contributed by atoms with Gasteiger partial charge in [0.2, 0.25) is 0 Å². The van der Waals surface area contributed by atoms with Gasteiger partial charge in [0.15, 0.2) is 0 Å². The van der Waals surface area contributed by atoms with E-state index >= 15 is 0 Å². The Balaban J connectivity index is 1.31. The summed E-state index contributed by atoms with van der Waals surface area (Å²) < 4.78 is 4.47. The lowest BCUT2D eigenvalue weighted by Crippen LogP contribution is -2.04. The van der Waals surface area contributed by atoms with Crippen molar-refractivity contribution in [2.24, 2.45) is 0 Å². The predicted molar refractivity (Wildman–Crippen MR) is 211 cm³/mol. The van der Waals surface area contributed by atoms with Gasteiger partial charge in [0.05, 0.1) is 51.2 Å². The van der Waals surface area contributed by atoms with Gasteiger partial charge in [-0.15, -0.1) is 0 Å². The van der Waals surface area contributed by atoms with Crippen LogP contribution in [0, 0.1) is 38.5 Å². The summed E-state index contributed by atoms with van der Waals surface area (Å²) in [5.74, 6) is 0. The van der Waals surface area contributed by atoms with Crippen LogP contribution in [0.25, 0.3) is 67.6 Å². The summed E-state index contributed by atoms with van der Waals surface area (Å²) >= 11 is 0. The Kier molecular flexibility index (Phi) is 8.00. The Hall–Kier alpha value is -6.74. The minimum absolute atomic E-state index is 0.481. The van der Waals surface area contributed by atoms with Crippen LogP contribution in [0.1, 0.15) is 47.0 Å². The molecule has 1 aliphatic heterocycles. The summed E-state index contributed by atoms with van der Waals surface area (Å²) in [6.07, 6.45) is 5.64. The van der Waals surface area contributed by atoms with Crippen molar-refractivity contribution in [3.05, 3.63) is 155 Å². The highest BCUT2D eigenvalue weighted by Crippen LogP contribution is 2.40. The average molecular weight is 674 g/mol. The van der Waals surface area contributed by atoms with Gasteiger partial charge < -0.3 is 9.13 Å². The minimum atomic E-state index is -1.12. The normalized spacial score (nSPS) is 13.1. The number of nitrogens with zero attached hydrogens (tertiary/aromatic N) is 5. The van der Waals surface area contributed by atoms with E-state index in [1.807, 2.05) is 72.2 Å². The van der Waals surface area contributed by atoms with Gasteiger partial charge >= 0.3 is 0 Å². The first-order chi connectivity index (χ1) is 25.1. The van der Waals surface area contributed by atoms with Gasteiger partial charge in [-0.1, -0.05) is 108 Å². The zero-order valence-electron chi connectivity index (χ0n) is 27.9. The highest BCUT2D eigenvalue weighted by molar-refractivity contribution is 8.14. The lowest BCUT2D eigenvalue weighted by molar-refractivity contribution is 0.838. The molecule has 1 aliphatic rings. The molecule has 0 N–H and O–H groups in total. The van der Waals surface area contributed by atoms with Gasteiger partial charge in [0, 0.05) is 44.4 Å². The molecule has 0 spiro atoms. The predicted octanol–water partition coefficient (Wildman–Crippen LogP) is 11.0. The summed E-state index contributed by atoms with van der Waals surface area (Å²) in [5, 5.41) is 40.9. The Morgan fingerprint density at radius 1 is 0.745 bits per heavy atom. The number of thiol groups is 1. The smallest absolute Gasteiger partial charge is 0.125 e. The van der Waals surface area contributed by atoms with Crippen molar-refractivity contribution in [3.63, 3.8) is 0 Å². The topological polar surface area (TPSA) is 81.2 Å². The van der Waals surface area contributed by atoms with Gasteiger partial charge in [-0.05, 0) is 65.9 Å². The van der Waals surface area contributed by atoms with Gasteiger partial charge in [-0.2, -0.15) is 15.8 Å². The Bertz CT molecular complexity index is 2790. The molecular formula is C45H31N5S. The quantitative estimate of drug-likeness (QED) is 0.135. The largest absolute Gasteiger partial charge is 0.312 e. The van der Waals surface area contributed by atoms with E-state index in [-0.39, 0.29) is 0 Å². The van der Waals surface area contributed by atoms with E-state index in [2.05, 4.69) is 100.0 Å². The second-order valence-electron chi connectivity index (χ2n) is 12.4. The number of hydrogen-bond acceptors (Lipinski definition) is 3. The van der Waals surface area contributed by atoms with Gasteiger partial charge in [0.1, 0.15) is 5.40 Å². The maximum atomic E-state index is 10.6. The van der Waals surface area contributed by atoms with Crippen LogP contribution in [-0.2, 0) is 6.42 Å². The maximum absolute atomic E-state index is 10.6. The molecule has 0 saturated heterocycles. The molecule has 3 heterocycles. The van der Waals surface area contributed by atoms with E-state index in [0.717, 1.165) is 79.7 Å². The van der Waals surface area contributed by atoms with Crippen LogP contribution >= 0.6 is 10.3 Å². The Labute approximate surface area is 299 Å². The van der Waals surface area contributed by atoms with Crippen molar-refractivity contribution >= 4 is 44.3 Å². The number of thiocyanates is 1. The van der Waals surface area contributed by atoms with Crippen LogP contribution < -0.4 is 0 Å². The highest BCUT2D eigenvalue weighted by Gasteiger charge is 2.23. The molecule has 51 heavy (non-hydrogen) atoms. The van der Waals surface area contributed by atoms with E-state index < -0.39 is 10.3 Å². The van der Waals surface area contributed by atoms with Gasteiger partial charge in [-0.3, -0.25) is 0 Å². The zero-order chi connectivity index (χ0) is 35.1. The van der Waals surface area contributed by atoms with Crippen LogP contribution in [0.5, 0.6) is 0 Å². The van der Waals surface area contributed by atoms with Crippen molar-refractivity contribution in [2.45, 2.75) is 19.8 Å². The molecule has 0 amide bonds. The van der Waals surface area contributed by atoms with Crippen molar-refractivity contribution in [1.29, 1.82) is 15.8 Å². The summed E-state index contributed by atoms with van der Waals surface area (Å²) in [6.45, 7) is 6.26. The summed E-state index contributed by atoms with van der Waals surface area (Å²) in [5.41, 5.74) is 12.1. The first-order valence-corrected chi connectivity index (χ1v) is 18.2. The van der Waals surface area contributed by atoms with E-state index in [0.29, 0.717) is 22.3 Å². The number of fused-ring (bicyclic) bond motifs is 4. The Morgan fingerprint density at radius 2 is 1.41 bits per heavy atom. The molecule has 2 aromatic heterocycles. The highest BCUT2D eigenvalue weighted by atomic mass is 32.2. The van der Waals surface area contributed by atoms with E-state index in [1.165, 1.54) is 0 Å². The lowest BCUT2D eigenvalue weighted by atomic mass is 9.90. The number of aromatic nitrogens is 2. The van der Waals surface area contributed by atoms with E-state index in [1.54, 1.807) is 0 Å². The molecule has 0 fully saturated rings. The standard InChI is InChI=1S/C45H31N5S/c1-3-12-41-34(4-2)40-28-51(29-48)22-21-45(40)49(41)33-14-11-13-30(23-33)38-24-32(27-47)39(25-31(38)26-46)37-17-7-10-20-44(37)50-42-18-8-5-15-35(42)36-16-6-9-19-43(36)50/h4-11,13-25,51H,2-3,12H2,1H3. The third kappa shape index (κ3) is 5.09. The summed E-state index contributed by atoms with van der Waals surface area (Å²) in [4.78, 5) is 0. The summed E-state index contributed by atoms with van der Waals surface area (Å²) in [6, 6.07) is 41.5. The molecule has 0 radical (unpaired) electrons. The zero-order valence-corrected chi connectivity index (χ0v) is 28.8. The molecule has 0 saturated carbocycles. The van der Waals surface area contributed by atoms with Crippen LogP contribution in [0.2, 0.25) is 0 Å². The second-order valence-corrected chi connectivity index (χ2v) is 13.9. The van der Waals surface area contributed by atoms with Crippen LogP contribution in [0.4, 0.5) is 0 Å². The number of benzene rings is 5. The van der Waals surface area contributed by atoms with Crippen molar-refractivity contribution < 1.29 is 0 Å². The SMILES string of the molecule is C=Cc1c2c(n(-c3cccc(-c4cc(C#N)c(-c5ccccc5-n5c6ccccc6c6ccccc65)cc4C#N)c3)c1CCC)C=C[SH](C#N)#C2. The number of rotatable bonds is 7. The molecule has 1 atom stereocenters. The molecule has 0 bridgehead atoms. The second kappa shape index (κ2) is 12.9. The van der Waals surface area contributed by atoms with Gasteiger partial charge in [-0.25, -0.2) is 0 Å². The maximum Gasteiger partial charge on any atom is 0.125 e. The monoisotopic (exact) mass is 673 g/mol. The molecule has 5 nitrogen and oxygen atoms in total. The fourth-order valence-electron chi connectivity index (χ4n) is 7.43. The van der Waals surface area contributed by atoms with E-state index in [9.17, 15) is 15.8 Å². The van der Waals surface area contributed by atoms with E-state index in [4.69, 9.17) is 0 Å². The number of para-hydroxylation sites is 3. The molecule has 0 aliphatic carbocycles. The third-order valence-corrected chi connectivity index (χ3v) is 10.7. The molecule has 1 unspecified atom stereocenters. The molecule has 6 heteroatoms. The third-order valence-electron chi connectivity index (χ3n) is 9.59. The molecule has 7 aromatic rings. The number of nitriles is 3. The number of hydrogen-bond donors (Lipinski definition) is 1.